The number of esters is 1. The number of hydrogen-bond acceptors (Lipinski definition) is 10. The molecular weight excluding hydrogens is 431 g/mol. The first-order valence-corrected chi connectivity index (χ1v) is 10.2. The van der Waals surface area contributed by atoms with Crippen LogP contribution in [0.2, 0.25) is 0 Å². The molecule has 1 fully saturated rings. The number of anilines is 1. The van der Waals surface area contributed by atoms with Crippen LogP contribution in [0.4, 0.5) is 5.13 Å². The zero-order chi connectivity index (χ0) is 20.4. The van der Waals surface area contributed by atoms with Gasteiger partial charge in [0.2, 0.25) is 5.91 Å². The van der Waals surface area contributed by atoms with Gasteiger partial charge in [-0.05, 0) is 0 Å². The van der Waals surface area contributed by atoms with E-state index in [1.807, 2.05) is 0 Å². The van der Waals surface area contributed by atoms with E-state index in [2.05, 4.69) is 15.6 Å². The second-order valence-electron chi connectivity index (χ2n) is 6.05. The van der Waals surface area contributed by atoms with Crippen LogP contribution in [0.15, 0.2) is 16.7 Å². The first-order chi connectivity index (χ1) is 13.3. The van der Waals surface area contributed by atoms with Gasteiger partial charge in [0.1, 0.15) is 18.0 Å². The maximum Gasteiger partial charge on any atom is 1.00 e. The summed E-state index contributed by atoms with van der Waals surface area (Å²) in [5.74, 6) is -2.75. The Labute approximate surface area is 196 Å². The molecule has 10 nitrogen and oxygen atoms in total. The number of fused-ring (bicyclic) bond motifs is 1. The van der Waals surface area contributed by atoms with Gasteiger partial charge in [0, 0.05) is 30.7 Å². The van der Waals surface area contributed by atoms with Gasteiger partial charge >= 0.3 is 35.5 Å². The van der Waals surface area contributed by atoms with Crippen molar-refractivity contribution in [1.29, 1.82) is 0 Å². The molecule has 1 unspecified atom stereocenters. The van der Waals surface area contributed by atoms with Gasteiger partial charge in [-0.2, -0.15) is 0 Å². The van der Waals surface area contributed by atoms with Crippen LogP contribution in [-0.4, -0.2) is 64.5 Å². The number of aromatic nitrogens is 1. The Kier molecular flexibility index (Phi) is 8.11. The van der Waals surface area contributed by atoms with Crippen molar-refractivity contribution in [2.24, 2.45) is 0 Å². The number of aliphatic carboxylic acids is 1. The molecule has 0 spiro atoms. The van der Waals surface area contributed by atoms with Crippen LogP contribution < -0.4 is 45.3 Å². The number of carbonyl (C=O) groups excluding carboxylic acids is 4. The summed E-state index contributed by atoms with van der Waals surface area (Å²) in [5.41, 5.74) is 0.570. The molecule has 0 bridgehead atoms. The van der Waals surface area contributed by atoms with E-state index in [4.69, 9.17) is 4.74 Å². The minimum absolute atomic E-state index is 0. The third-order valence-corrected chi connectivity index (χ3v) is 6.36. The molecule has 0 radical (unpaired) electrons. The number of thioether (sulfide) groups is 1. The summed E-state index contributed by atoms with van der Waals surface area (Å²) in [6, 6.07) is -0.829. The number of carboxylic acids is 1. The molecule has 1 saturated heterocycles. The Morgan fingerprint density at radius 3 is 2.72 bits per heavy atom. The van der Waals surface area contributed by atoms with E-state index in [9.17, 15) is 24.3 Å². The molecule has 1 aromatic rings. The number of ether oxygens (including phenoxy) is 1. The fourth-order valence-corrected chi connectivity index (χ4v) is 4.86. The summed E-state index contributed by atoms with van der Waals surface area (Å²) in [6.45, 7) is 0.983. The van der Waals surface area contributed by atoms with Crippen LogP contribution in [0.3, 0.4) is 0 Å². The minimum Gasteiger partial charge on any atom is -0.543 e. The summed E-state index contributed by atoms with van der Waals surface area (Å²) in [7, 11) is 1.72. The Balaban J connectivity index is 0.00000300. The molecule has 2 amide bonds. The van der Waals surface area contributed by atoms with Gasteiger partial charge in [-0.15, -0.1) is 23.1 Å². The Bertz CT molecular complexity index is 873. The standard InChI is InChI=1S/C16H18N4O6S2.Na/c1-7(21)26-4-8-5-27-14-11(13(23)20(14)12(8)15(24)25)19-10(22)3-9-6-28-16(17-2)18-9;/h6,11,14H,3-5H2,1-2H3,(H,17,18)(H,19,22)(H,24,25);/q;+1/p-1/t11?,14-;/m0./s1. The molecule has 2 N–H and O–H groups in total. The number of β-lactam (4-membered cyclic amide) rings is 1. The number of carbonyl (C=O) groups is 4. The van der Waals surface area contributed by atoms with Crippen molar-refractivity contribution in [3.05, 3.63) is 22.3 Å². The number of amides is 2. The molecule has 1 aromatic heterocycles. The van der Waals surface area contributed by atoms with Crippen LogP contribution in [0.5, 0.6) is 0 Å². The van der Waals surface area contributed by atoms with Crippen LogP contribution in [0.1, 0.15) is 12.6 Å². The molecule has 13 heteroatoms. The van der Waals surface area contributed by atoms with Gasteiger partial charge in [0.15, 0.2) is 5.13 Å². The number of nitrogens with one attached hydrogen (secondary N) is 2. The van der Waals surface area contributed by atoms with Gasteiger partial charge in [-0.25, -0.2) is 4.98 Å². The summed E-state index contributed by atoms with van der Waals surface area (Å²) >= 11 is 2.65. The van der Waals surface area contributed by atoms with Crippen molar-refractivity contribution in [1.82, 2.24) is 15.2 Å². The van der Waals surface area contributed by atoms with Gasteiger partial charge in [-0.1, -0.05) is 0 Å². The van der Waals surface area contributed by atoms with Crippen LogP contribution in [0, 0.1) is 0 Å². The molecule has 3 rings (SSSR count). The fourth-order valence-electron chi connectivity index (χ4n) is 2.86. The van der Waals surface area contributed by atoms with E-state index in [1.54, 1.807) is 12.4 Å². The predicted octanol–water partition coefficient (Wildman–Crippen LogP) is -4.30. The zero-order valence-electron chi connectivity index (χ0n) is 16.0. The smallest absolute Gasteiger partial charge is 0.543 e. The van der Waals surface area contributed by atoms with E-state index in [1.165, 1.54) is 30.0 Å². The summed E-state index contributed by atoms with van der Waals surface area (Å²) in [5, 5.41) is 18.9. The summed E-state index contributed by atoms with van der Waals surface area (Å²) in [6.07, 6.45) is 0.0141. The molecule has 3 heterocycles. The van der Waals surface area contributed by atoms with Gasteiger partial charge < -0.3 is 25.3 Å². The first kappa shape index (κ1) is 23.7. The first-order valence-electron chi connectivity index (χ1n) is 8.24. The largest absolute Gasteiger partial charge is 1.00 e. The third-order valence-electron chi connectivity index (χ3n) is 4.11. The van der Waals surface area contributed by atoms with Crippen molar-refractivity contribution in [2.75, 3.05) is 24.7 Å². The molecule has 0 aromatic carbocycles. The average molecular weight is 448 g/mol. The fraction of sp³-hybridized carbons (Fsp3) is 0.438. The molecule has 150 valence electrons. The number of nitrogens with zero attached hydrogens (tertiary/aromatic N) is 2. The predicted molar refractivity (Wildman–Crippen MR) is 99.1 cm³/mol. The molecular formula is C16H17N4NaO6S2. The van der Waals surface area contributed by atoms with Crippen LogP contribution >= 0.6 is 23.1 Å². The average Bonchev–Trinajstić information content (AvgIpc) is 3.10. The molecule has 2 aliphatic rings. The number of thiazole rings is 1. The van der Waals surface area contributed by atoms with E-state index in [-0.39, 0.29) is 65.5 Å². The normalized spacial score (nSPS) is 20.2. The van der Waals surface area contributed by atoms with Gasteiger partial charge in [0.05, 0.1) is 23.8 Å². The minimum atomic E-state index is -1.52. The molecule has 2 atom stereocenters. The Morgan fingerprint density at radius 2 is 2.14 bits per heavy atom. The van der Waals surface area contributed by atoms with E-state index >= 15 is 0 Å². The topological polar surface area (TPSA) is 141 Å². The van der Waals surface area contributed by atoms with Gasteiger partial charge in [-0.3, -0.25) is 19.3 Å². The Hall–Kier alpha value is -1.60. The van der Waals surface area contributed by atoms with Crippen molar-refractivity contribution < 1.29 is 58.6 Å². The third kappa shape index (κ3) is 5.12. The van der Waals surface area contributed by atoms with Crippen molar-refractivity contribution in [2.45, 2.75) is 24.8 Å². The maximum atomic E-state index is 12.5. The molecule has 0 saturated carbocycles. The quantitative estimate of drug-likeness (QED) is 0.241. The van der Waals surface area contributed by atoms with Gasteiger partial charge in [0.25, 0.3) is 5.91 Å². The second kappa shape index (κ2) is 9.94. The molecule has 2 aliphatic heterocycles. The summed E-state index contributed by atoms with van der Waals surface area (Å²) in [4.78, 5) is 52.5. The molecule has 29 heavy (non-hydrogen) atoms. The van der Waals surface area contributed by atoms with Crippen molar-refractivity contribution >= 4 is 52.0 Å². The Morgan fingerprint density at radius 1 is 1.41 bits per heavy atom. The van der Waals surface area contributed by atoms with E-state index in [0.717, 1.165) is 4.90 Å². The van der Waals surface area contributed by atoms with Crippen molar-refractivity contribution in [3.63, 3.8) is 0 Å². The monoisotopic (exact) mass is 448 g/mol. The number of carboxylic acid groups (broad SMARTS) is 1. The number of hydrogen-bond donors (Lipinski definition) is 2. The summed E-state index contributed by atoms with van der Waals surface area (Å²) < 4.78 is 4.85. The second-order valence-corrected chi connectivity index (χ2v) is 8.01. The molecule has 0 aliphatic carbocycles. The number of rotatable bonds is 7. The van der Waals surface area contributed by atoms with E-state index in [0.29, 0.717) is 10.8 Å². The van der Waals surface area contributed by atoms with Crippen LogP contribution in [-0.2, 0) is 30.3 Å². The maximum absolute atomic E-state index is 12.5. The zero-order valence-corrected chi connectivity index (χ0v) is 19.6. The SMILES string of the molecule is CNc1nc(CC(=O)NC2C(=O)N3C(C(=O)[O-])=C(COC(C)=O)CS[C@@H]23)cs1.[Na+]. The van der Waals surface area contributed by atoms with Crippen molar-refractivity contribution in [3.8, 4) is 0 Å². The van der Waals surface area contributed by atoms with Crippen LogP contribution in [0.25, 0.3) is 0 Å². The van der Waals surface area contributed by atoms with E-state index < -0.39 is 29.3 Å².